The lowest BCUT2D eigenvalue weighted by Crippen LogP contribution is -2.37. The van der Waals surface area contributed by atoms with Crippen molar-refractivity contribution in [2.45, 2.75) is 13.3 Å². The van der Waals surface area contributed by atoms with Gasteiger partial charge in [-0.05, 0) is 30.7 Å². The molecule has 0 bridgehead atoms. The van der Waals surface area contributed by atoms with Crippen LogP contribution in [0.3, 0.4) is 0 Å². The molecule has 0 saturated heterocycles. The lowest BCUT2D eigenvalue weighted by atomic mass is 10.0. The number of hydrogen-bond donors (Lipinski definition) is 2. The Hall–Kier alpha value is -1.97. The fraction of sp³-hybridized carbons (Fsp3) is 0.400. The Labute approximate surface area is 122 Å². The van der Waals surface area contributed by atoms with Gasteiger partial charge in [0.05, 0.1) is 13.2 Å². The minimum absolute atomic E-state index is 0.145. The molecule has 1 rings (SSSR count). The van der Waals surface area contributed by atoms with Crippen LogP contribution in [-0.2, 0) is 0 Å². The van der Waals surface area contributed by atoms with Crippen LogP contribution in [0.25, 0.3) is 0 Å². The average Bonchev–Trinajstić information content (AvgIpc) is 2.44. The number of aliphatic hydroxyl groups is 2. The van der Waals surface area contributed by atoms with E-state index >= 15 is 0 Å². The fourth-order valence-electron chi connectivity index (χ4n) is 1.82. The molecule has 0 aliphatic carbocycles. The van der Waals surface area contributed by atoms with Crippen molar-refractivity contribution >= 4 is 5.91 Å². The monoisotopic (exact) mass is 297 g/mol. The normalized spacial score (nSPS) is 10.2. The molecular weight excluding hydrogens is 280 g/mol. The second-order valence-corrected chi connectivity index (χ2v) is 4.36. The molecule has 1 aromatic rings. The first kappa shape index (κ1) is 17.1. The number of carbonyl (C=O) groups is 1. The molecule has 0 heterocycles. The van der Waals surface area contributed by atoms with Crippen LogP contribution in [0.2, 0.25) is 0 Å². The Morgan fingerprint density at radius 1 is 1.38 bits per heavy atom. The number of aryl methyl sites for hydroxylation is 1. The molecule has 0 unspecified atom stereocenters. The van der Waals surface area contributed by atoms with Gasteiger partial charge in [-0.25, -0.2) is 8.78 Å². The van der Waals surface area contributed by atoms with E-state index < -0.39 is 18.9 Å². The molecule has 0 aliphatic rings. The Balaban J connectivity index is 2.97. The third-order valence-corrected chi connectivity index (χ3v) is 2.79. The maximum atomic E-state index is 12.4. The molecule has 1 aromatic carbocycles. The molecule has 0 aliphatic heterocycles. The van der Waals surface area contributed by atoms with Gasteiger partial charge in [-0.3, -0.25) is 4.79 Å². The van der Waals surface area contributed by atoms with Gasteiger partial charge in [0.2, 0.25) is 0 Å². The van der Waals surface area contributed by atoms with E-state index in [1.807, 2.05) is 0 Å². The summed E-state index contributed by atoms with van der Waals surface area (Å²) in [7, 11) is 0. The zero-order valence-electron chi connectivity index (χ0n) is 11.6. The number of benzene rings is 1. The van der Waals surface area contributed by atoms with Gasteiger partial charge < -0.3 is 15.1 Å². The van der Waals surface area contributed by atoms with E-state index in [1.165, 1.54) is 6.07 Å². The van der Waals surface area contributed by atoms with Crippen molar-refractivity contribution < 1.29 is 23.8 Å². The summed E-state index contributed by atoms with van der Waals surface area (Å²) < 4.78 is 24.9. The lowest BCUT2D eigenvalue weighted by Gasteiger charge is -2.21. The molecule has 21 heavy (non-hydrogen) atoms. The minimum Gasteiger partial charge on any atom is -0.395 e. The van der Waals surface area contributed by atoms with E-state index in [9.17, 15) is 13.6 Å². The van der Waals surface area contributed by atoms with Gasteiger partial charge >= 0.3 is 0 Å². The number of nitrogens with zero attached hydrogens (tertiary/aromatic N) is 1. The first-order valence-electron chi connectivity index (χ1n) is 6.38. The topological polar surface area (TPSA) is 60.8 Å². The Morgan fingerprint density at radius 3 is 2.62 bits per heavy atom. The van der Waals surface area contributed by atoms with Crippen molar-refractivity contribution in [3.63, 3.8) is 0 Å². The minimum atomic E-state index is -2.66. The SMILES string of the molecule is Cc1cc(C(=O)N(CCO)CC(F)F)ccc1C#CCO. The molecule has 0 atom stereocenters. The molecular formula is C15H17F2NO3. The zero-order chi connectivity index (χ0) is 15.8. The van der Waals surface area contributed by atoms with Crippen molar-refractivity contribution in [3.05, 3.63) is 34.9 Å². The first-order chi connectivity index (χ1) is 9.99. The number of halogens is 2. The van der Waals surface area contributed by atoms with Gasteiger partial charge in [-0.15, -0.1) is 0 Å². The summed E-state index contributed by atoms with van der Waals surface area (Å²) in [6, 6.07) is 4.65. The first-order valence-corrected chi connectivity index (χ1v) is 6.38. The van der Waals surface area contributed by atoms with Gasteiger partial charge in [0.1, 0.15) is 6.61 Å². The predicted molar refractivity (Wildman–Crippen MR) is 74.1 cm³/mol. The van der Waals surface area contributed by atoms with Crippen molar-refractivity contribution in [1.82, 2.24) is 4.90 Å². The van der Waals surface area contributed by atoms with Crippen LogP contribution >= 0.6 is 0 Å². The third kappa shape index (κ3) is 5.14. The highest BCUT2D eigenvalue weighted by atomic mass is 19.3. The Morgan fingerprint density at radius 2 is 2.10 bits per heavy atom. The summed E-state index contributed by atoms with van der Waals surface area (Å²) >= 11 is 0. The number of hydrogen-bond acceptors (Lipinski definition) is 3. The summed E-state index contributed by atoms with van der Waals surface area (Å²) in [6.07, 6.45) is -2.66. The number of alkyl halides is 2. The average molecular weight is 297 g/mol. The predicted octanol–water partition coefficient (Wildman–Crippen LogP) is 1.04. The molecule has 0 fully saturated rings. The highest BCUT2D eigenvalue weighted by molar-refractivity contribution is 5.94. The van der Waals surface area contributed by atoms with Crippen molar-refractivity contribution in [2.24, 2.45) is 0 Å². The number of rotatable bonds is 5. The summed E-state index contributed by atoms with van der Waals surface area (Å²) in [5.41, 5.74) is 1.63. The summed E-state index contributed by atoms with van der Waals surface area (Å²) in [5.74, 6) is 4.67. The number of amides is 1. The third-order valence-electron chi connectivity index (χ3n) is 2.79. The molecule has 0 saturated carbocycles. The van der Waals surface area contributed by atoms with Gasteiger partial charge in [0.25, 0.3) is 12.3 Å². The van der Waals surface area contributed by atoms with E-state index in [1.54, 1.807) is 19.1 Å². The van der Waals surface area contributed by atoms with E-state index in [2.05, 4.69) is 11.8 Å². The van der Waals surface area contributed by atoms with Crippen LogP contribution in [-0.4, -0.2) is 53.7 Å². The molecule has 0 aromatic heterocycles. The van der Waals surface area contributed by atoms with Crippen LogP contribution in [0, 0.1) is 18.8 Å². The van der Waals surface area contributed by atoms with Crippen molar-refractivity contribution in [3.8, 4) is 11.8 Å². The maximum Gasteiger partial charge on any atom is 0.255 e. The summed E-state index contributed by atoms with van der Waals surface area (Å²) in [5, 5.41) is 17.5. The Kier molecular flexibility index (Phi) is 6.79. The highest BCUT2D eigenvalue weighted by Crippen LogP contribution is 2.13. The van der Waals surface area contributed by atoms with Crippen LogP contribution in [0.15, 0.2) is 18.2 Å². The van der Waals surface area contributed by atoms with Gasteiger partial charge in [-0.2, -0.15) is 0 Å². The number of carbonyl (C=O) groups excluding carboxylic acids is 1. The largest absolute Gasteiger partial charge is 0.395 e. The van der Waals surface area contributed by atoms with Gasteiger partial charge in [0.15, 0.2) is 0 Å². The van der Waals surface area contributed by atoms with Gasteiger partial charge in [-0.1, -0.05) is 11.8 Å². The molecule has 4 nitrogen and oxygen atoms in total. The van der Waals surface area contributed by atoms with Crippen molar-refractivity contribution in [2.75, 3.05) is 26.3 Å². The zero-order valence-corrected chi connectivity index (χ0v) is 11.6. The number of aliphatic hydroxyl groups excluding tert-OH is 2. The quantitative estimate of drug-likeness (QED) is 0.798. The van der Waals surface area contributed by atoms with Crippen LogP contribution in [0.5, 0.6) is 0 Å². The molecule has 2 N–H and O–H groups in total. The van der Waals surface area contributed by atoms with E-state index in [0.717, 1.165) is 4.90 Å². The summed E-state index contributed by atoms with van der Waals surface area (Å²) in [4.78, 5) is 13.1. The highest BCUT2D eigenvalue weighted by Gasteiger charge is 2.19. The second-order valence-electron chi connectivity index (χ2n) is 4.36. The molecule has 0 spiro atoms. The van der Waals surface area contributed by atoms with E-state index in [0.29, 0.717) is 11.1 Å². The van der Waals surface area contributed by atoms with E-state index in [-0.39, 0.29) is 25.3 Å². The lowest BCUT2D eigenvalue weighted by molar-refractivity contribution is 0.0509. The second kappa shape index (κ2) is 8.35. The van der Waals surface area contributed by atoms with Crippen LogP contribution in [0.1, 0.15) is 21.5 Å². The fourth-order valence-corrected chi connectivity index (χ4v) is 1.82. The van der Waals surface area contributed by atoms with Gasteiger partial charge in [0, 0.05) is 17.7 Å². The van der Waals surface area contributed by atoms with E-state index in [4.69, 9.17) is 10.2 Å². The smallest absolute Gasteiger partial charge is 0.255 e. The van der Waals surface area contributed by atoms with Crippen molar-refractivity contribution in [1.29, 1.82) is 0 Å². The molecule has 0 radical (unpaired) electrons. The Bertz CT molecular complexity index is 550. The molecule has 1 amide bonds. The molecule has 114 valence electrons. The maximum absolute atomic E-state index is 12.4. The summed E-state index contributed by atoms with van der Waals surface area (Å²) in [6.45, 7) is 0.233. The molecule has 6 heteroatoms. The van der Waals surface area contributed by atoms with Crippen LogP contribution in [0.4, 0.5) is 8.78 Å². The van der Waals surface area contributed by atoms with Crippen LogP contribution < -0.4 is 0 Å². The standard InChI is InChI=1S/C15H17F2NO3/c1-11-9-13(5-4-12(11)3-2-7-19)15(21)18(6-8-20)10-14(16)17/h4-5,9,14,19-20H,6-8,10H2,1H3.